The molecule has 180 valence electrons. The molecule has 2 fully saturated rings. The molecule has 3 atom stereocenters. The van der Waals surface area contributed by atoms with Gasteiger partial charge in [0, 0.05) is 30.9 Å². The third kappa shape index (κ3) is 3.67. The van der Waals surface area contributed by atoms with Gasteiger partial charge >= 0.3 is 5.97 Å². The maximum absolute atomic E-state index is 13.3. The first-order valence-corrected chi connectivity index (χ1v) is 11.3. The molecule has 1 spiro atoms. The zero-order valence-corrected chi connectivity index (χ0v) is 19.1. The molecule has 0 radical (unpaired) electrons. The van der Waals surface area contributed by atoms with Gasteiger partial charge in [-0.25, -0.2) is 9.78 Å². The Kier molecular flexibility index (Phi) is 5.66. The highest BCUT2D eigenvalue weighted by molar-refractivity contribution is 5.94. The van der Waals surface area contributed by atoms with Crippen LogP contribution < -0.4 is 0 Å². The van der Waals surface area contributed by atoms with Crippen molar-refractivity contribution in [2.45, 2.75) is 38.9 Å². The van der Waals surface area contributed by atoms with Gasteiger partial charge in [-0.15, -0.1) is 5.10 Å². The fourth-order valence-electron chi connectivity index (χ4n) is 5.18. The van der Waals surface area contributed by atoms with Crippen LogP contribution in [0.5, 0.6) is 0 Å². The molecule has 2 saturated heterocycles. The summed E-state index contributed by atoms with van der Waals surface area (Å²) < 4.78 is 6.50. The van der Waals surface area contributed by atoms with Crippen molar-refractivity contribution in [1.29, 1.82) is 0 Å². The third-order valence-corrected chi connectivity index (χ3v) is 7.29. The molecule has 1 amide bonds. The molecule has 34 heavy (non-hydrogen) atoms. The lowest BCUT2D eigenvalue weighted by Gasteiger charge is -2.42. The van der Waals surface area contributed by atoms with E-state index in [1.807, 2.05) is 11.8 Å². The Hall–Kier alpha value is -3.22. The van der Waals surface area contributed by atoms with Crippen molar-refractivity contribution in [2.24, 2.45) is 5.41 Å². The second kappa shape index (κ2) is 8.53. The van der Waals surface area contributed by atoms with Crippen LogP contribution in [0.15, 0.2) is 29.7 Å². The smallest absolute Gasteiger partial charge is 0.336 e. The van der Waals surface area contributed by atoms with Gasteiger partial charge in [0.1, 0.15) is 12.9 Å². The number of aliphatic hydroxyl groups is 2. The number of tetrazole rings is 1. The Bertz CT molecular complexity index is 1150. The zero-order chi connectivity index (χ0) is 24.0. The number of likely N-dealkylation sites (tertiary alicyclic amines) is 2. The van der Waals surface area contributed by atoms with Crippen LogP contribution in [0.3, 0.4) is 0 Å². The van der Waals surface area contributed by atoms with Crippen LogP contribution >= 0.6 is 0 Å². The average Bonchev–Trinajstić information content (AvgIpc) is 3.53. The highest BCUT2D eigenvalue weighted by atomic mass is 16.5. The zero-order valence-electron chi connectivity index (χ0n) is 19.1. The molecular formula is C22H27N7O5. The van der Waals surface area contributed by atoms with Crippen molar-refractivity contribution in [1.82, 2.24) is 35.0 Å². The number of hydrogen-bond donors (Lipinski definition) is 2. The summed E-state index contributed by atoms with van der Waals surface area (Å²) in [5.74, 6) is 0.00719. The van der Waals surface area contributed by atoms with E-state index >= 15 is 0 Å². The van der Waals surface area contributed by atoms with Crippen LogP contribution in [0, 0.1) is 12.3 Å². The van der Waals surface area contributed by atoms with Gasteiger partial charge in [0.25, 0.3) is 0 Å². The molecule has 0 saturated carbocycles. The summed E-state index contributed by atoms with van der Waals surface area (Å²) in [7, 11) is 0. The summed E-state index contributed by atoms with van der Waals surface area (Å²) >= 11 is 0. The predicted molar refractivity (Wildman–Crippen MR) is 116 cm³/mol. The van der Waals surface area contributed by atoms with E-state index in [0.29, 0.717) is 60.8 Å². The molecule has 0 bridgehead atoms. The number of aromatic nitrogens is 5. The first kappa shape index (κ1) is 22.6. The van der Waals surface area contributed by atoms with Crippen LogP contribution in [0.1, 0.15) is 37.1 Å². The van der Waals surface area contributed by atoms with Crippen molar-refractivity contribution < 1.29 is 24.5 Å². The van der Waals surface area contributed by atoms with E-state index in [1.54, 1.807) is 24.0 Å². The van der Waals surface area contributed by atoms with E-state index in [1.165, 1.54) is 11.0 Å². The second-order valence-corrected chi connectivity index (χ2v) is 9.15. The van der Waals surface area contributed by atoms with Gasteiger partial charge < -0.3 is 19.8 Å². The summed E-state index contributed by atoms with van der Waals surface area (Å²) in [4.78, 5) is 33.1. The molecular weight excluding hydrogens is 442 g/mol. The number of aryl methyl sites for hydroxylation is 1. The van der Waals surface area contributed by atoms with Crippen molar-refractivity contribution in [2.75, 3.05) is 32.8 Å². The Balaban J connectivity index is 1.24. The van der Waals surface area contributed by atoms with Crippen LogP contribution in [-0.2, 0) is 14.3 Å². The number of carbonyl (C=O) groups excluding carboxylic acids is 2. The number of β-amino-alcohol motifs (C(OH)–C–C–N with tert-alkyl or cyclic N) is 2. The molecule has 2 unspecified atom stereocenters. The SMILES string of the molecule is CC1=C(N2CCC3(CCN(C[C@@H](O)c4ccc(-n5cnnn5)nc4C)CC3O)C2=O)COC1=O. The number of carbonyl (C=O) groups is 2. The molecule has 12 nitrogen and oxygen atoms in total. The molecule has 3 aliphatic heterocycles. The van der Waals surface area contributed by atoms with Crippen molar-refractivity contribution in [3.63, 3.8) is 0 Å². The molecule has 0 aliphatic carbocycles. The van der Waals surface area contributed by atoms with Gasteiger partial charge in [0.05, 0.1) is 28.9 Å². The van der Waals surface area contributed by atoms with Gasteiger partial charge in [-0.1, -0.05) is 6.07 Å². The fourth-order valence-corrected chi connectivity index (χ4v) is 5.18. The van der Waals surface area contributed by atoms with E-state index in [4.69, 9.17) is 4.74 Å². The monoisotopic (exact) mass is 469 g/mol. The normalized spacial score (nSPS) is 26.6. The second-order valence-electron chi connectivity index (χ2n) is 9.15. The molecule has 5 heterocycles. The lowest BCUT2D eigenvalue weighted by atomic mass is 9.74. The van der Waals surface area contributed by atoms with Crippen LogP contribution in [0.25, 0.3) is 5.82 Å². The number of hydrogen-bond acceptors (Lipinski definition) is 10. The van der Waals surface area contributed by atoms with E-state index in [-0.39, 0.29) is 19.1 Å². The maximum atomic E-state index is 13.3. The molecule has 12 heteroatoms. The van der Waals surface area contributed by atoms with Gasteiger partial charge in [-0.3, -0.25) is 9.69 Å². The van der Waals surface area contributed by atoms with Gasteiger partial charge in [-0.05, 0) is 49.7 Å². The Morgan fingerprint density at radius 1 is 1.24 bits per heavy atom. The number of aliphatic hydroxyl groups excluding tert-OH is 2. The van der Waals surface area contributed by atoms with Gasteiger partial charge in [0.2, 0.25) is 5.91 Å². The number of piperidine rings is 1. The summed E-state index contributed by atoms with van der Waals surface area (Å²) in [6.45, 7) is 5.18. The lowest BCUT2D eigenvalue weighted by molar-refractivity contribution is -0.146. The van der Waals surface area contributed by atoms with E-state index < -0.39 is 23.6 Å². The number of ether oxygens (including phenoxy) is 1. The van der Waals surface area contributed by atoms with E-state index in [9.17, 15) is 19.8 Å². The molecule has 2 N–H and O–H groups in total. The molecule has 5 rings (SSSR count). The van der Waals surface area contributed by atoms with Crippen molar-refractivity contribution in [3.8, 4) is 5.82 Å². The fraction of sp³-hybridized carbons (Fsp3) is 0.545. The molecule has 2 aromatic rings. The van der Waals surface area contributed by atoms with E-state index in [0.717, 1.165) is 0 Å². The number of rotatable bonds is 5. The van der Waals surface area contributed by atoms with Crippen LogP contribution in [0.4, 0.5) is 0 Å². The summed E-state index contributed by atoms with van der Waals surface area (Å²) in [6.07, 6.45) is 0.778. The first-order valence-electron chi connectivity index (χ1n) is 11.3. The summed E-state index contributed by atoms with van der Waals surface area (Å²) in [5.41, 5.74) is 1.53. The number of esters is 1. The topological polar surface area (TPSA) is 147 Å². The standard InChI is InChI=1S/C22H27N7O5/c1-13-16(11-34-20(13)32)28-8-6-22(21(28)33)5-7-27(10-18(22)31)9-17(30)15-3-4-19(24-14(15)2)29-12-23-25-26-29/h3-4,12,17-18,30-31H,5-11H2,1-2H3/t17-,18?,22?/m1/s1. The number of nitrogens with zero attached hydrogens (tertiary/aromatic N) is 7. The van der Waals surface area contributed by atoms with Crippen LogP contribution in [0.2, 0.25) is 0 Å². The highest BCUT2D eigenvalue weighted by Crippen LogP contribution is 2.44. The lowest BCUT2D eigenvalue weighted by Crippen LogP contribution is -2.55. The maximum Gasteiger partial charge on any atom is 0.336 e. The Labute approximate surface area is 195 Å². The van der Waals surface area contributed by atoms with Crippen molar-refractivity contribution in [3.05, 3.63) is 41.0 Å². The van der Waals surface area contributed by atoms with Gasteiger partial charge in [0.15, 0.2) is 5.82 Å². The number of amides is 1. The highest BCUT2D eigenvalue weighted by Gasteiger charge is 2.55. The van der Waals surface area contributed by atoms with E-state index in [2.05, 4.69) is 20.5 Å². The number of cyclic esters (lactones) is 1. The summed E-state index contributed by atoms with van der Waals surface area (Å²) in [5, 5.41) is 32.9. The minimum absolute atomic E-state index is 0.0977. The minimum atomic E-state index is -0.870. The number of pyridine rings is 1. The van der Waals surface area contributed by atoms with Crippen molar-refractivity contribution >= 4 is 11.9 Å². The predicted octanol–water partition coefficient (Wildman–Crippen LogP) is -0.485. The Morgan fingerprint density at radius 2 is 2.03 bits per heavy atom. The summed E-state index contributed by atoms with van der Waals surface area (Å²) in [6, 6.07) is 3.53. The molecule has 3 aliphatic rings. The minimum Gasteiger partial charge on any atom is -0.456 e. The quantitative estimate of drug-likeness (QED) is 0.550. The van der Waals surface area contributed by atoms with Gasteiger partial charge in [-0.2, -0.15) is 4.68 Å². The third-order valence-electron chi connectivity index (χ3n) is 7.29. The molecule has 0 aromatic carbocycles. The molecule has 2 aromatic heterocycles. The Morgan fingerprint density at radius 3 is 2.68 bits per heavy atom. The average molecular weight is 470 g/mol. The largest absolute Gasteiger partial charge is 0.456 e. The first-order chi connectivity index (χ1) is 16.3. The van der Waals surface area contributed by atoms with Crippen LogP contribution in [-0.4, -0.2) is 96.0 Å².